The molecule has 2 amide bonds. The number of amides is 2. The second kappa shape index (κ2) is 10.0. The average molecular weight is 403 g/mol. The minimum Gasteiger partial charge on any atom is -0.444 e. The van der Waals surface area contributed by atoms with Crippen LogP contribution in [0, 0.1) is 0 Å². The summed E-state index contributed by atoms with van der Waals surface area (Å²) < 4.78 is 5.16. The number of fused-ring (bicyclic) bond motifs is 1. The number of nitrogens with two attached hydrogens (primary N) is 1. The van der Waals surface area contributed by atoms with Gasteiger partial charge in [-0.15, -0.1) is 0 Å². The number of hydrogen-bond donors (Lipinski definition) is 2. The van der Waals surface area contributed by atoms with Gasteiger partial charge in [-0.2, -0.15) is 0 Å². The molecule has 0 saturated carbocycles. The van der Waals surface area contributed by atoms with Gasteiger partial charge in [0.1, 0.15) is 11.4 Å². The zero-order valence-electron chi connectivity index (χ0n) is 17.4. The Hall–Kier alpha value is -2.94. The maximum Gasteiger partial charge on any atom is 0.407 e. The Morgan fingerprint density at radius 3 is 2.79 bits per heavy atom. The molecular weight excluding hydrogens is 374 g/mol. The highest BCUT2D eigenvalue weighted by molar-refractivity contribution is 6.04. The fourth-order valence-corrected chi connectivity index (χ4v) is 2.57. The Bertz CT molecular complexity index is 798. The van der Waals surface area contributed by atoms with Gasteiger partial charge in [0.25, 0.3) is 5.91 Å². The Labute approximate surface area is 170 Å². The Balaban J connectivity index is 2.00. The third-order valence-corrected chi connectivity index (χ3v) is 3.71. The minimum absolute atomic E-state index is 0.122. The Kier molecular flexibility index (Phi) is 7.72. The molecule has 0 fully saturated rings. The van der Waals surface area contributed by atoms with Crippen molar-refractivity contribution in [2.75, 3.05) is 19.7 Å². The number of nitrogens with zero attached hydrogens (tertiary/aromatic N) is 3. The maximum absolute atomic E-state index is 13.0. The first kappa shape index (κ1) is 22.4. The van der Waals surface area contributed by atoms with Gasteiger partial charge in [0, 0.05) is 31.3 Å². The number of rotatable bonds is 7. The Morgan fingerprint density at radius 2 is 2.10 bits per heavy atom. The van der Waals surface area contributed by atoms with Crippen LogP contribution in [0.5, 0.6) is 0 Å². The first-order chi connectivity index (χ1) is 13.7. The van der Waals surface area contributed by atoms with Crippen LogP contribution in [0.4, 0.5) is 10.5 Å². The molecule has 158 valence electrons. The minimum atomic E-state index is -0.576. The van der Waals surface area contributed by atoms with E-state index in [0.29, 0.717) is 35.8 Å². The van der Waals surface area contributed by atoms with E-state index in [-0.39, 0.29) is 25.5 Å². The van der Waals surface area contributed by atoms with Gasteiger partial charge in [0.05, 0.1) is 18.0 Å². The van der Waals surface area contributed by atoms with E-state index in [1.165, 1.54) is 5.06 Å². The van der Waals surface area contributed by atoms with Crippen molar-refractivity contribution in [3.8, 4) is 0 Å². The number of hydrogen-bond acceptors (Lipinski definition) is 7. The number of carbonyl (C=O) groups is 2. The van der Waals surface area contributed by atoms with E-state index in [1.807, 2.05) is 6.92 Å². The molecule has 2 rings (SSSR count). The number of nitrogens with one attached hydrogen (secondary N) is 1. The van der Waals surface area contributed by atoms with Crippen molar-refractivity contribution < 1.29 is 19.2 Å². The number of alkyl carbamates (subject to hydrolysis) is 1. The van der Waals surface area contributed by atoms with Crippen molar-refractivity contribution in [3.63, 3.8) is 0 Å². The molecule has 1 aliphatic heterocycles. The van der Waals surface area contributed by atoms with Gasteiger partial charge in [-0.3, -0.25) is 14.6 Å². The normalized spacial score (nSPS) is 13.5. The van der Waals surface area contributed by atoms with Crippen molar-refractivity contribution in [2.24, 2.45) is 10.7 Å². The first-order valence-corrected chi connectivity index (χ1v) is 9.60. The van der Waals surface area contributed by atoms with E-state index in [0.717, 1.165) is 0 Å². The highest BCUT2D eigenvalue weighted by Crippen LogP contribution is 2.25. The number of aromatic nitrogens is 1. The van der Waals surface area contributed by atoms with Crippen LogP contribution in [0.25, 0.3) is 6.08 Å². The van der Waals surface area contributed by atoms with E-state index < -0.39 is 11.7 Å². The first-order valence-electron chi connectivity index (χ1n) is 9.60. The number of pyridine rings is 1. The number of amidine groups is 1. The number of hydroxylamine groups is 2. The van der Waals surface area contributed by atoms with E-state index >= 15 is 0 Å². The number of ether oxygens (including phenoxy) is 1. The van der Waals surface area contributed by atoms with Crippen LogP contribution < -0.4 is 11.1 Å². The molecule has 2 heterocycles. The largest absolute Gasteiger partial charge is 0.444 e. The van der Waals surface area contributed by atoms with Crippen molar-refractivity contribution in [3.05, 3.63) is 29.6 Å². The quantitative estimate of drug-likeness (QED) is 0.533. The van der Waals surface area contributed by atoms with Crippen LogP contribution >= 0.6 is 0 Å². The molecule has 0 unspecified atom stereocenters. The van der Waals surface area contributed by atoms with Crippen molar-refractivity contribution in [1.29, 1.82) is 0 Å². The van der Waals surface area contributed by atoms with Gasteiger partial charge in [-0.05, 0) is 45.4 Å². The van der Waals surface area contributed by atoms with Crippen LogP contribution in [-0.4, -0.2) is 53.2 Å². The molecule has 1 aliphatic rings. The topological polar surface area (TPSA) is 119 Å². The van der Waals surface area contributed by atoms with Crippen LogP contribution in [0.2, 0.25) is 0 Å². The van der Waals surface area contributed by atoms with Crippen molar-refractivity contribution in [2.45, 2.75) is 46.1 Å². The summed E-state index contributed by atoms with van der Waals surface area (Å²) in [5, 5.41) is 3.88. The monoisotopic (exact) mass is 403 g/mol. The lowest BCUT2D eigenvalue weighted by Gasteiger charge is -2.23. The lowest BCUT2D eigenvalue weighted by molar-refractivity contribution is -0.181. The van der Waals surface area contributed by atoms with E-state index in [9.17, 15) is 9.59 Å². The van der Waals surface area contributed by atoms with Crippen molar-refractivity contribution >= 4 is 29.6 Å². The molecule has 0 spiro atoms. The molecule has 0 saturated heterocycles. The number of carbonyl (C=O) groups excluding carboxylic acids is 2. The summed E-state index contributed by atoms with van der Waals surface area (Å²) in [5.74, 6) is 0.0279. The van der Waals surface area contributed by atoms with Crippen LogP contribution in [-0.2, 0) is 14.4 Å². The standard InChI is InChI=1S/C20H29N5O4/c1-5-10-25(28-11-9-23-19(27)29-20(2,3)4)18(26)14-12-16-15(7-6-8-22-16)24-17(21)13-14/h6-8,12H,5,9-11,13H2,1-4H3,(H2,21,24)(H,23,27). The molecule has 0 bridgehead atoms. The zero-order chi connectivity index (χ0) is 21.4. The second-order valence-corrected chi connectivity index (χ2v) is 7.53. The van der Waals surface area contributed by atoms with Gasteiger partial charge in [0.2, 0.25) is 0 Å². The molecule has 29 heavy (non-hydrogen) atoms. The van der Waals surface area contributed by atoms with Gasteiger partial charge >= 0.3 is 6.09 Å². The molecular formula is C20H29N5O4. The van der Waals surface area contributed by atoms with E-state index in [4.69, 9.17) is 15.3 Å². The summed E-state index contributed by atoms with van der Waals surface area (Å²) >= 11 is 0. The molecule has 1 aromatic heterocycles. The van der Waals surface area contributed by atoms with Gasteiger partial charge in [0.15, 0.2) is 0 Å². The van der Waals surface area contributed by atoms with Gasteiger partial charge in [-0.1, -0.05) is 6.92 Å². The smallest absolute Gasteiger partial charge is 0.407 e. The lowest BCUT2D eigenvalue weighted by atomic mass is 10.1. The molecule has 9 heteroatoms. The third-order valence-electron chi connectivity index (χ3n) is 3.71. The summed E-state index contributed by atoms with van der Waals surface area (Å²) in [6, 6.07) is 3.56. The highest BCUT2D eigenvalue weighted by atomic mass is 16.7. The summed E-state index contributed by atoms with van der Waals surface area (Å²) in [4.78, 5) is 38.9. The summed E-state index contributed by atoms with van der Waals surface area (Å²) in [6.07, 6.45) is 3.70. The predicted molar refractivity (Wildman–Crippen MR) is 110 cm³/mol. The van der Waals surface area contributed by atoms with Crippen LogP contribution in [0.3, 0.4) is 0 Å². The van der Waals surface area contributed by atoms with E-state index in [1.54, 1.807) is 45.2 Å². The van der Waals surface area contributed by atoms with E-state index in [2.05, 4.69) is 15.3 Å². The molecule has 9 nitrogen and oxygen atoms in total. The summed E-state index contributed by atoms with van der Waals surface area (Å²) in [6.45, 7) is 8.02. The fraction of sp³-hybridized carbons (Fsp3) is 0.500. The van der Waals surface area contributed by atoms with Crippen LogP contribution in [0.15, 0.2) is 28.9 Å². The summed E-state index contributed by atoms with van der Waals surface area (Å²) in [5.41, 5.74) is 7.04. The maximum atomic E-state index is 13.0. The zero-order valence-corrected chi connectivity index (χ0v) is 17.4. The summed E-state index contributed by atoms with van der Waals surface area (Å²) in [7, 11) is 0. The second-order valence-electron chi connectivity index (χ2n) is 7.53. The lowest BCUT2D eigenvalue weighted by Crippen LogP contribution is -2.38. The SMILES string of the molecule is CCCN(OCCNC(=O)OC(C)(C)C)C(=O)C1=Cc2ncccc2N=C(N)C1. The molecule has 0 radical (unpaired) electrons. The molecule has 1 aromatic rings. The average Bonchev–Trinajstić information content (AvgIpc) is 2.80. The highest BCUT2D eigenvalue weighted by Gasteiger charge is 2.22. The van der Waals surface area contributed by atoms with Crippen molar-refractivity contribution in [1.82, 2.24) is 15.4 Å². The van der Waals surface area contributed by atoms with Gasteiger partial charge in [-0.25, -0.2) is 14.9 Å². The van der Waals surface area contributed by atoms with Crippen LogP contribution in [0.1, 0.15) is 46.2 Å². The molecule has 0 aromatic carbocycles. The third kappa shape index (κ3) is 7.19. The number of aliphatic imine (C=N–C) groups is 1. The molecule has 0 aliphatic carbocycles. The fourth-order valence-electron chi connectivity index (χ4n) is 2.57. The molecule has 3 N–H and O–H groups in total. The molecule has 0 atom stereocenters. The van der Waals surface area contributed by atoms with Gasteiger partial charge < -0.3 is 15.8 Å². The predicted octanol–water partition coefficient (Wildman–Crippen LogP) is 2.55. The Morgan fingerprint density at radius 1 is 1.34 bits per heavy atom.